The molecule has 20 heavy (non-hydrogen) atoms. The van der Waals surface area contributed by atoms with E-state index in [4.69, 9.17) is 10.5 Å². The van der Waals surface area contributed by atoms with E-state index in [9.17, 15) is 4.79 Å². The zero-order valence-electron chi connectivity index (χ0n) is 11.4. The van der Waals surface area contributed by atoms with E-state index >= 15 is 0 Å². The molecular formula is C15H17BrN2O2. The third kappa shape index (κ3) is 2.88. The molecule has 2 unspecified atom stereocenters. The molecule has 5 heteroatoms. The minimum atomic E-state index is -0.314. The summed E-state index contributed by atoms with van der Waals surface area (Å²) >= 11 is 3.60. The van der Waals surface area contributed by atoms with Crippen molar-refractivity contribution >= 4 is 27.5 Å². The summed E-state index contributed by atoms with van der Waals surface area (Å²) in [6.45, 7) is 1.99. The van der Waals surface area contributed by atoms with E-state index in [1.165, 1.54) is 7.11 Å². The summed E-state index contributed by atoms with van der Waals surface area (Å²) in [7, 11) is 1.53. The smallest absolute Gasteiger partial charge is 0.254 e. The fourth-order valence-corrected chi connectivity index (χ4v) is 2.46. The quantitative estimate of drug-likeness (QED) is 0.658. The van der Waals surface area contributed by atoms with E-state index in [0.29, 0.717) is 17.0 Å². The van der Waals surface area contributed by atoms with Gasteiger partial charge in [0.1, 0.15) is 5.75 Å². The molecule has 0 aliphatic heterocycles. The van der Waals surface area contributed by atoms with E-state index in [0.717, 1.165) is 0 Å². The number of nitrogen functional groups attached to an aromatic ring is 1. The summed E-state index contributed by atoms with van der Waals surface area (Å²) in [4.78, 5) is 12.4. The lowest BCUT2D eigenvalue weighted by molar-refractivity contribution is 0.0941. The van der Waals surface area contributed by atoms with E-state index in [1.807, 2.05) is 31.2 Å². The molecule has 1 amide bonds. The van der Waals surface area contributed by atoms with Gasteiger partial charge in [0.15, 0.2) is 0 Å². The summed E-state index contributed by atoms with van der Waals surface area (Å²) in [6, 6.07) is 5.00. The maximum Gasteiger partial charge on any atom is 0.254 e. The number of halogens is 1. The Balaban J connectivity index is 2.21. The number of nitrogens with two attached hydrogens (primary N) is 1. The molecule has 0 fully saturated rings. The number of allylic oxidation sites excluding steroid dienone is 2. The van der Waals surface area contributed by atoms with Crippen molar-refractivity contribution in [1.29, 1.82) is 0 Å². The van der Waals surface area contributed by atoms with Gasteiger partial charge >= 0.3 is 0 Å². The number of hydrogen-bond acceptors (Lipinski definition) is 3. The minimum Gasteiger partial charge on any atom is -0.495 e. The molecule has 0 saturated heterocycles. The predicted octanol–water partition coefficient (Wildman–Crippen LogP) is 2.66. The van der Waals surface area contributed by atoms with Crippen LogP contribution in [0.25, 0.3) is 0 Å². The van der Waals surface area contributed by atoms with Gasteiger partial charge in [-0.2, -0.15) is 0 Å². The average molecular weight is 337 g/mol. The first kappa shape index (κ1) is 14.7. The van der Waals surface area contributed by atoms with Gasteiger partial charge in [0, 0.05) is 0 Å². The third-order valence-corrected chi connectivity index (χ3v) is 4.02. The molecule has 4 nitrogen and oxygen atoms in total. The number of carbonyl (C=O) groups is 1. The second-order valence-corrected chi connectivity index (χ2v) is 6.48. The number of carbonyl (C=O) groups excluding carboxylic acids is 1. The molecule has 2 atom stereocenters. The first-order chi connectivity index (χ1) is 9.45. The Morgan fingerprint density at radius 1 is 1.45 bits per heavy atom. The number of rotatable bonds is 3. The lowest BCUT2D eigenvalue weighted by atomic mass is 9.96. The molecular weight excluding hydrogens is 320 g/mol. The highest BCUT2D eigenvalue weighted by Gasteiger charge is 2.30. The Morgan fingerprint density at radius 3 is 2.85 bits per heavy atom. The zero-order valence-corrected chi connectivity index (χ0v) is 13.0. The molecule has 1 aromatic rings. The van der Waals surface area contributed by atoms with Crippen molar-refractivity contribution in [1.82, 2.24) is 5.32 Å². The van der Waals surface area contributed by atoms with E-state index in [-0.39, 0.29) is 16.3 Å². The first-order valence-electron chi connectivity index (χ1n) is 6.24. The molecule has 2 rings (SSSR count). The number of methoxy groups -OCH3 is 1. The third-order valence-electron chi connectivity index (χ3n) is 3.26. The lowest BCUT2D eigenvalue weighted by Gasteiger charge is -2.30. The summed E-state index contributed by atoms with van der Waals surface area (Å²) in [5.74, 6) is 0.273. The van der Waals surface area contributed by atoms with Gasteiger partial charge in [-0.1, -0.05) is 46.3 Å². The van der Waals surface area contributed by atoms with Crippen LogP contribution in [0.3, 0.4) is 0 Å². The normalized spacial score (nSPS) is 24.4. The SMILES string of the molecule is COc1cccc(C(=O)NC2C=CC=CC2(C)Br)c1N. The fraction of sp³-hybridized carbons (Fsp3) is 0.267. The predicted molar refractivity (Wildman–Crippen MR) is 84.3 cm³/mol. The van der Waals surface area contributed by atoms with Crippen LogP contribution in [0.2, 0.25) is 0 Å². The highest BCUT2D eigenvalue weighted by molar-refractivity contribution is 9.10. The van der Waals surface area contributed by atoms with Crippen LogP contribution >= 0.6 is 15.9 Å². The summed E-state index contributed by atoms with van der Waals surface area (Å²) in [6.07, 6.45) is 7.77. The highest BCUT2D eigenvalue weighted by Crippen LogP contribution is 2.29. The van der Waals surface area contributed by atoms with Gasteiger partial charge in [0.05, 0.1) is 28.7 Å². The second kappa shape index (κ2) is 5.71. The van der Waals surface area contributed by atoms with Gasteiger partial charge in [0.2, 0.25) is 0 Å². The maximum atomic E-state index is 12.4. The van der Waals surface area contributed by atoms with E-state index < -0.39 is 0 Å². The molecule has 0 saturated carbocycles. The molecule has 106 valence electrons. The summed E-state index contributed by atoms with van der Waals surface area (Å²) in [5.41, 5.74) is 6.70. The van der Waals surface area contributed by atoms with Gasteiger partial charge in [-0.25, -0.2) is 0 Å². The number of benzene rings is 1. The van der Waals surface area contributed by atoms with Crippen molar-refractivity contribution < 1.29 is 9.53 Å². The minimum absolute atomic E-state index is 0.148. The van der Waals surface area contributed by atoms with Gasteiger partial charge < -0.3 is 15.8 Å². The standard InChI is InChI=1S/C15H17BrN2O2/c1-15(16)9-4-3-8-12(15)18-14(19)10-6-5-7-11(20-2)13(10)17/h3-9,12H,17H2,1-2H3,(H,18,19). The molecule has 0 aromatic heterocycles. The molecule has 1 aliphatic carbocycles. The molecule has 0 bridgehead atoms. The number of alkyl halides is 1. The summed E-state index contributed by atoms with van der Waals surface area (Å²) in [5, 5.41) is 2.96. The van der Waals surface area contributed by atoms with Crippen LogP contribution in [-0.2, 0) is 0 Å². The molecule has 0 spiro atoms. The molecule has 3 N–H and O–H groups in total. The lowest BCUT2D eigenvalue weighted by Crippen LogP contribution is -2.46. The number of para-hydroxylation sites is 1. The van der Waals surface area contributed by atoms with Crippen LogP contribution in [0.1, 0.15) is 17.3 Å². The molecule has 0 heterocycles. The molecule has 0 radical (unpaired) electrons. The number of ether oxygens (including phenoxy) is 1. The fourth-order valence-electron chi connectivity index (χ4n) is 2.04. The van der Waals surface area contributed by atoms with Crippen molar-refractivity contribution in [2.75, 3.05) is 12.8 Å². The van der Waals surface area contributed by atoms with E-state index in [2.05, 4.69) is 21.2 Å². The zero-order chi connectivity index (χ0) is 14.8. The highest BCUT2D eigenvalue weighted by atomic mass is 79.9. The summed E-state index contributed by atoms with van der Waals surface area (Å²) < 4.78 is 4.81. The van der Waals surface area contributed by atoms with Crippen LogP contribution in [0.4, 0.5) is 5.69 Å². The van der Waals surface area contributed by atoms with Crippen LogP contribution in [0.15, 0.2) is 42.5 Å². The van der Waals surface area contributed by atoms with Gasteiger partial charge in [-0.3, -0.25) is 4.79 Å². The largest absolute Gasteiger partial charge is 0.495 e. The Morgan fingerprint density at radius 2 is 2.20 bits per heavy atom. The second-order valence-electron chi connectivity index (χ2n) is 4.77. The number of anilines is 1. The van der Waals surface area contributed by atoms with Crippen molar-refractivity contribution in [3.63, 3.8) is 0 Å². The number of nitrogens with one attached hydrogen (secondary N) is 1. The van der Waals surface area contributed by atoms with E-state index in [1.54, 1.807) is 18.2 Å². The first-order valence-corrected chi connectivity index (χ1v) is 7.03. The Kier molecular flexibility index (Phi) is 4.18. The molecule has 1 aromatic carbocycles. The number of amides is 1. The van der Waals surface area contributed by atoms with Crippen molar-refractivity contribution in [3.8, 4) is 5.75 Å². The number of hydrogen-bond donors (Lipinski definition) is 2. The Bertz CT molecular complexity index is 579. The van der Waals surface area contributed by atoms with Gasteiger partial charge in [0.25, 0.3) is 5.91 Å². The van der Waals surface area contributed by atoms with Crippen molar-refractivity contribution in [3.05, 3.63) is 48.1 Å². The van der Waals surface area contributed by atoms with Crippen molar-refractivity contribution in [2.45, 2.75) is 17.3 Å². The van der Waals surface area contributed by atoms with Crippen LogP contribution in [0.5, 0.6) is 5.75 Å². The van der Waals surface area contributed by atoms with Gasteiger partial charge in [-0.15, -0.1) is 0 Å². The monoisotopic (exact) mass is 336 g/mol. The van der Waals surface area contributed by atoms with Crippen LogP contribution in [-0.4, -0.2) is 23.4 Å². The average Bonchev–Trinajstić information content (AvgIpc) is 2.41. The van der Waals surface area contributed by atoms with Crippen molar-refractivity contribution in [2.24, 2.45) is 0 Å². The van der Waals surface area contributed by atoms with Crippen LogP contribution in [0, 0.1) is 0 Å². The Labute approximate surface area is 126 Å². The molecule has 1 aliphatic rings. The van der Waals surface area contributed by atoms with Crippen LogP contribution < -0.4 is 15.8 Å². The van der Waals surface area contributed by atoms with Gasteiger partial charge in [-0.05, 0) is 19.1 Å². The topological polar surface area (TPSA) is 64.3 Å². The Hall–Kier alpha value is -1.75. The maximum absolute atomic E-state index is 12.4.